The van der Waals surface area contributed by atoms with E-state index in [1.807, 2.05) is 0 Å². The average molecular weight is 808 g/mol. The minimum Gasteiger partial charge on any atom is -0.309 e. The van der Waals surface area contributed by atoms with Gasteiger partial charge in [0.1, 0.15) is 0 Å². The van der Waals surface area contributed by atoms with Crippen molar-refractivity contribution in [2.75, 3.05) is 0 Å². The molecule has 0 aliphatic carbocycles. The Morgan fingerprint density at radius 2 is 0.889 bits per heavy atom. The van der Waals surface area contributed by atoms with E-state index < -0.39 is 0 Å². The van der Waals surface area contributed by atoms with Crippen molar-refractivity contribution in [2.24, 2.45) is 0 Å². The van der Waals surface area contributed by atoms with E-state index >= 15 is 0 Å². The van der Waals surface area contributed by atoms with Gasteiger partial charge in [-0.3, -0.25) is 0 Å². The highest BCUT2D eigenvalue weighted by Crippen LogP contribution is 2.48. The fourth-order valence-electron chi connectivity index (χ4n) is 11.1. The summed E-state index contributed by atoms with van der Waals surface area (Å²) in [6.07, 6.45) is 0. The molecule has 1 aromatic heterocycles. The van der Waals surface area contributed by atoms with Crippen molar-refractivity contribution in [1.82, 2.24) is 4.57 Å². The summed E-state index contributed by atoms with van der Waals surface area (Å²) in [7, 11) is 0. The lowest BCUT2D eigenvalue weighted by Gasteiger charge is -2.30. The third kappa shape index (κ3) is 5.76. The molecule has 1 nitrogen and oxygen atoms in total. The molecule has 0 aliphatic heterocycles. The lowest BCUT2D eigenvalue weighted by atomic mass is 9.74. The lowest BCUT2D eigenvalue weighted by Crippen LogP contribution is -2.17. The summed E-state index contributed by atoms with van der Waals surface area (Å²) in [5.41, 5.74) is 12.4. The molecule has 0 aliphatic rings. The molecule has 63 heavy (non-hydrogen) atoms. The van der Waals surface area contributed by atoms with Crippen LogP contribution < -0.4 is 0 Å². The maximum absolute atomic E-state index is 2.55. The zero-order chi connectivity index (χ0) is 42.8. The first-order valence-electron chi connectivity index (χ1n) is 22.4. The molecular formula is C62H49N. The monoisotopic (exact) mass is 807 g/mol. The van der Waals surface area contributed by atoms with Crippen LogP contribution in [0, 0.1) is 0 Å². The topological polar surface area (TPSA) is 4.93 Å². The van der Waals surface area contributed by atoms with Crippen LogP contribution in [0.15, 0.2) is 188 Å². The summed E-state index contributed by atoms with van der Waals surface area (Å²) in [5.74, 6) is 0. The summed E-state index contributed by atoms with van der Waals surface area (Å²) < 4.78 is 2.55. The molecule has 0 unspecified atom stereocenters. The molecular weight excluding hydrogens is 759 g/mol. The van der Waals surface area contributed by atoms with Gasteiger partial charge in [-0.1, -0.05) is 199 Å². The highest BCUT2D eigenvalue weighted by atomic mass is 15.0. The van der Waals surface area contributed by atoms with Crippen LogP contribution in [-0.4, -0.2) is 4.57 Å². The zero-order valence-electron chi connectivity index (χ0n) is 36.8. The van der Waals surface area contributed by atoms with E-state index in [-0.39, 0.29) is 10.8 Å². The molecule has 12 aromatic rings. The van der Waals surface area contributed by atoms with Gasteiger partial charge in [0.15, 0.2) is 0 Å². The number of rotatable bonds is 4. The number of hydrogen-bond donors (Lipinski definition) is 0. The fraction of sp³-hybridized carbons (Fsp3) is 0.129. The molecule has 0 N–H and O–H groups in total. The molecule has 0 saturated carbocycles. The molecule has 1 heteroatoms. The SMILES string of the molecule is CC(C)(C)c1c2ccccc2c(C(C)(C)C)c2cc(-n3c(-c4ccccc4)c(-c4ccccc4)c4cc5cc(-c6ccc7ccc8cccc9ccc6c7c89)ccc5cc43)ccc12. The summed E-state index contributed by atoms with van der Waals surface area (Å²) in [5, 5.41) is 16.9. The first-order chi connectivity index (χ1) is 30.5. The summed E-state index contributed by atoms with van der Waals surface area (Å²) in [4.78, 5) is 0. The summed E-state index contributed by atoms with van der Waals surface area (Å²) in [6.45, 7) is 14.2. The molecule has 0 amide bonds. The van der Waals surface area contributed by atoms with Crippen molar-refractivity contribution >= 4 is 75.5 Å². The molecule has 302 valence electrons. The number of aromatic nitrogens is 1. The second kappa shape index (κ2) is 13.6. The van der Waals surface area contributed by atoms with Gasteiger partial charge in [0.25, 0.3) is 0 Å². The van der Waals surface area contributed by atoms with E-state index in [4.69, 9.17) is 0 Å². The van der Waals surface area contributed by atoms with Gasteiger partial charge in [0.2, 0.25) is 0 Å². The Morgan fingerprint density at radius 1 is 0.333 bits per heavy atom. The zero-order valence-corrected chi connectivity index (χ0v) is 36.8. The van der Waals surface area contributed by atoms with Crippen LogP contribution in [0.25, 0.3) is 115 Å². The average Bonchev–Trinajstić information content (AvgIpc) is 3.62. The van der Waals surface area contributed by atoms with E-state index in [1.165, 1.54) is 126 Å². The van der Waals surface area contributed by atoms with Gasteiger partial charge in [0.05, 0.1) is 11.2 Å². The summed E-state index contributed by atoms with van der Waals surface area (Å²) in [6, 6.07) is 70.8. The Morgan fingerprint density at radius 3 is 1.57 bits per heavy atom. The van der Waals surface area contributed by atoms with Gasteiger partial charge >= 0.3 is 0 Å². The van der Waals surface area contributed by atoms with Crippen molar-refractivity contribution in [1.29, 1.82) is 0 Å². The third-order valence-corrected chi connectivity index (χ3v) is 13.6. The van der Waals surface area contributed by atoms with E-state index in [9.17, 15) is 0 Å². The second-order valence-electron chi connectivity index (χ2n) is 19.7. The van der Waals surface area contributed by atoms with Crippen molar-refractivity contribution in [2.45, 2.75) is 52.4 Å². The largest absolute Gasteiger partial charge is 0.309 e. The fourth-order valence-corrected chi connectivity index (χ4v) is 11.1. The first kappa shape index (κ1) is 37.5. The van der Waals surface area contributed by atoms with Gasteiger partial charge in [-0.15, -0.1) is 0 Å². The number of hydrogen-bond acceptors (Lipinski definition) is 0. The van der Waals surface area contributed by atoms with E-state index in [0.717, 1.165) is 0 Å². The standard InChI is InChI=1S/C62H49N/c1-61(2,3)58-49-22-13-14-23-50(49)59(62(4,5)6)52-37-46(30-33-51(52)58)63-54-36-43-26-27-44(47-31-28-41-25-24-39-20-15-21-40-29-32-48(47)56(41)55(39)40)34-45(43)35-53(54)57(38-16-9-7-10-17-38)60(63)42-18-11-8-12-19-42/h7-37H,1-6H3. The van der Waals surface area contributed by atoms with Crippen molar-refractivity contribution in [3.63, 3.8) is 0 Å². The van der Waals surface area contributed by atoms with Crippen molar-refractivity contribution in [3.8, 4) is 39.2 Å². The highest BCUT2D eigenvalue weighted by molar-refractivity contribution is 6.25. The predicted octanol–water partition coefficient (Wildman–Crippen LogP) is 17.6. The maximum atomic E-state index is 2.55. The Hall–Kier alpha value is -7.22. The van der Waals surface area contributed by atoms with Gasteiger partial charge in [-0.2, -0.15) is 0 Å². The molecule has 0 saturated heterocycles. The van der Waals surface area contributed by atoms with Crippen molar-refractivity contribution in [3.05, 3.63) is 199 Å². The summed E-state index contributed by atoms with van der Waals surface area (Å²) >= 11 is 0. The Kier molecular flexibility index (Phi) is 8.13. The smallest absolute Gasteiger partial charge is 0.0619 e. The first-order valence-corrected chi connectivity index (χ1v) is 22.4. The van der Waals surface area contributed by atoms with E-state index in [2.05, 4.69) is 234 Å². The Labute approximate surface area is 369 Å². The lowest BCUT2D eigenvalue weighted by molar-refractivity contribution is 0.593. The minimum atomic E-state index is -0.0915. The van der Waals surface area contributed by atoms with Crippen LogP contribution in [0.2, 0.25) is 0 Å². The van der Waals surface area contributed by atoms with Gasteiger partial charge < -0.3 is 4.57 Å². The van der Waals surface area contributed by atoms with E-state index in [0.29, 0.717) is 0 Å². The van der Waals surface area contributed by atoms with Crippen LogP contribution in [0.3, 0.4) is 0 Å². The van der Waals surface area contributed by atoms with Gasteiger partial charge in [-0.25, -0.2) is 0 Å². The molecule has 0 radical (unpaired) electrons. The minimum absolute atomic E-state index is 0.0546. The van der Waals surface area contributed by atoms with Crippen molar-refractivity contribution < 1.29 is 0 Å². The molecule has 0 spiro atoms. The van der Waals surface area contributed by atoms with Crippen LogP contribution in [0.1, 0.15) is 52.7 Å². The van der Waals surface area contributed by atoms with Gasteiger partial charge in [0, 0.05) is 16.6 Å². The van der Waals surface area contributed by atoms with Crippen LogP contribution in [-0.2, 0) is 10.8 Å². The number of nitrogens with zero attached hydrogens (tertiary/aromatic N) is 1. The molecule has 11 aromatic carbocycles. The van der Waals surface area contributed by atoms with Gasteiger partial charge in [-0.05, 0) is 139 Å². The van der Waals surface area contributed by atoms with Crippen LogP contribution in [0.5, 0.6) is 0 Å². The number of fused-ring (bicyclic) bond motifs is 4. The predicted molar refractivity (Wildman–Crippen MR) is 273 cm³/mol. The second-order valence-corrected chi connectivity index (χ2v) is 19.7. The quantitative estimate of drug-likeness (QED) is 0.123. The Balaban J connectivity index is 1.17. The molecule has 0 fully saturated rings. The van der Waals surface area contributed by atoms with Crippen LogP contribution >= 0.6 is 0 Å². The Bertz CT molecular complexity index is 3760. The van der Waals surface area contributed by atoms with E-state index in [1.54, 1.807) is 0 Å². The van der Waals surface area contributed by atoms with Crippen LogP contribution in [0.4, 0.5) is 0 Å². The maximum Gasteiger partial charge on any atom is 0.0619 e. The number of benzene rings is 11. The molecule has 0 bridgehead atoms. The highest BCUT2D eigenvalue weighted by Gasteiger charge is 2.29. The molecule has 0 atom stereocenters. The molecule has 12 rings (SSSR count). The third-order valence-electron chi connectivity index (χ3n) is 13.6. The molecule has 1 heterocycles. The normalized spacial score (nSPS) is 12.6.